The SMILES string of the molecule is CCC(C)C(O)CNC(=O)NCc1oc2ccccc2c1C. The Bertz CT molecular complexity index is 636. The lowest BCUT2D eigenvalue weighted by molar-refractivity contribution is 0.114. The molecule has 0 bridgehead atoms. The number of aliphatic hydroxyl groups excluding tert-OH is 1. The normalized spacial score (nSPS) is 13.8. The molecule has 5 heteroatoms. The Morgan fingerprint density at radius 1 is 1.32 bits per heavy atom. The van der Waals surface area contributed by atoms with Gasteiger partial charge in [-0.05, 0) is 18.9 Å². The summed E-state index contributed by atoms with van der Waals surface area (Å²) < 4.78 is 5.74. The van der Waals surface area contributed by atoms with Gasteiger partial charge in [0.2, 0.25) is 0 Å². The molecule has 0 saturated carbocycles. The lowest BCUT2D eigenvalue weighted by atomic mass is 10.0. The fourth-order valence-corrected chi connectivity index (χ4v) is 2.29. The van der Waals surface area contributed by atoms with Crippen LogP contribution in [0, 0.1) is 12.8 Å². The molecule has 3 N–H and O–H groups in total. The van der Waals surface area contributed by atoms with Gasteiger partial charge in [0.1, 0.15) is 11.3 Å². The zero-order valence-corrected chi connectivity index (χ0v) is 13.3. The molecular weight excluding hydrogens is 280 g/mol. The van der Waals surface area contributed by atoms with Gasteiger partial charge in [-0.15, -0.1) is 0 Å². The molecule has 2 amide bonds. The molecule has 0 aliphatic heterocycles. The number of furan rings is 1. The second-order valence-electron chi connectivity index (χ2n) is 5.66. The lowest BCUT2D eigenvalue weighted by Crippen LogP contribution is -2.41. The molecule has 0 fully saturated rings. The third-order valence-electron chi connectivity index (χ3n) is 4.12. The summed E-state index contributed by atoms with van der Waals surface area (Å²) in [5, 5.41) is 16.3. The van der Waals surface area contributed by atoms with E-state index in [4.69, 9.17) is 4.42 Å². The third-order valence-corrected chi connectivity index (χ3v) is 4.12. The standard InChI is InChI=1S/C17H24N2O3/c1-4-11(2)14(20)9-18-17(21)19-10-16-12(3)13-7-5-6-8-15(13)22-16/h5-8,11,14,20H,4,9-10H2,1-3H3,(H2,18,19,21). The molecule has 0 spiro atoms. The average molecular weight is 304 g/mol. The van der Waals surface area contributed by atoms with Gasteiger partial charge in [-0.2, -0.15) is 0 Å². The molecule has 0 saturated heterocycles. The van der Waals surface area contributed by atoms with E-state index in [2.05, 4.69) is 10.6 Å². The number of fused-ring (bicyclic) bond motifs is 1. The van der Waals surface area contributed by atoms with Crippen LogP contribution in [0.1, 0.15) is 31.6 Å². The predicted octanol–water partition coefficient (Wildman–Crippen LogP) is 2.95. The summed E-state index contributed by atoms with van der Waals surface area (Å²) in [5.74, 6) is 0.914. The topological polar surface area (TPSA) is 74.5 Å². The summed E-state index contributed by atoms with van der Waals surface area (Å²) in [4.78, 5) is 11.8. The first-order chi connectivity index (χ1) is 10.5. The summed E-state index contributed by atoms with van der Waals surface area (Å²) in [6.45, 7) is 6.53. The van der Waals surface area contributed by atoms with Crippen molar-refractivity contribution in [1.29, 1.82) is 0 Å². The number of aliphatic hydroxyl groups is 1. The minimum Gasteiger partial charge on any atom is -0.459 e. The van der Waals surface area contributed by atoms with E-state index in [1.807, 2.05) is 45.0 Å². The molecule has 1 aromatic carbocycles. The van der Waals surface area contributed by atoms with Gasteiger partial charge in [0, 0.05) is 17.5 Å². The van der Waals surface area contributed by atoms with Gasteiger partial charge in [0.15, 0.2) is 0 Å². The minimum atomic E-state index is -0.524. The number of para-hydroxylation sites is 1. The van der Waals surface area contributed by atoms with Gasteiger partial charge >= 0.3 is 6.03 Å². The molecule has 0 aliphatic carbocycles. The van der Waals surface area contributed by atoms with E-state index in [0.29, 0.717) is 6.54 Å². The van der Waals surface area contributed by atoms with Gasteiger partial charge in [-0.25, -0.2) is 4.79 Å². The van der Waals surface area contributed by atoms with Crippen molar-refractivity contribution in [3.8, 4) is 0 Å². The number of urea groups is 1. The number of nitrogens with one attached hydrogen (secondary N) is 2. The van der Waals surface area contributed by atoms with Crippen LogP contribution in [0.2, 0.25) is 0 Å². The van der Waals surface area contributed by atoms with E-state index in [-0.39, 0.29) is 18.5 Å². The Labute approximate surface area is 130 Å². The number of benzene rings is 1. The summed E-state index contributed by atoms with van der Waals surface area (Å²) in [5.41, 5.74) is 1.86. The van der Waals surface area contributed by atoms with Crippen LogP contribution in [0.5, 0.6) is 0 Å². The predicted molar refractivity (Wildman–Crippen MR) is 86.7 cm³/mol. The first-order valence-electron chi connectivity index (χ1n) is 7.69. The van der Waals surface area contributed by atoms with Gasteiger partial charge in [-0.1, -0.05) is 38.5 Å². The van der Waals surface area contributed by atoms with Gasteiger partial charge in [-0.3, -0.25) is 0 Å². The van der Waals surface area contributed by atoms with Crippen molar-refractivity contribution in [2.45, 2.75) is 39.8 Å². The van der Waals surface area contributed by atoms with Crippen molar-refractivity contribution < 1.29 is 14.3 Å². The number of carbonyl (C=O) groups is 1. The van der Waals surface area contributed by atoms with E-state index in [1.165, 1.54) is 0 Å². The molecular formula is C17H24N2O3. The molecule has 5 nitrogen and oxygen atoms in total. The van der Waals surface area contributed by atoms with E-state index in [9.17, 15) is 9.90 Å². The van der Waals surface area contributed by atoms with E-state index in [1.54, 1.807) is 0 Å². The van der Waals surface area contributed by atoms with E-state index < -0.39 is 6.10 Å². The molecule has 2 rings (SSSR count). The van der Waals surface area contributed by atoms with E-state index in [0.717, 1.165) is 28.7 Å². The molecule has 22 heavy (non-hydrogen) atoms. The summed E-state index contributed by atoms with van der Waals surface area (Å²) >= 11 is 0. The Kier molecular flexibility index (Phi) is 5.44. The monoisotopic (exact) mass is 304 g/mol. The van der Waals surface area contributed by atoms with Crippen molar-refractivity contribution in [3.63, 3.8) is 0 Å². The highest BCUT2D eigenvalue weighted by atomic mass is 16.3. The average Bonchev–Trinajstić information content (AvgIpc) is 2.86. The van der Waals surface area contributed by atoms with Crippen LogP contribution in [0.25, 0.3) is 11.0 Å². The molecule has 120 valence electrons. The van der Waals surface area contributed by atoms with Crippen molar-refractivity contribution in [1.82, 2.24) is 10.6 Å². The zero-order valence-electron chi connectivity index (χ0n) is 13.3. The number of amides is 2. The van der Waals surface area contributed by atoms with Crippen LogP contribution in [0.15, 0.2) is 28.7 Å². The lowest BCUT2D eigenvalue weighted by Gasteiger charge is -2.17. The van der Waals surface area contributed by atoms with Crippen molar-refractivity contribution >= 4 is 17.0 Å². The second kappa shape index (κ2) is 7.31. The molecule has 0 aliphatic rings. The number of hydrogen-bond acceptors (Lipinski definition) is 3. The number of aryl methyl sites for hydroxylation is 1. The van der Waals surface area contributed by atoms with Gasteiger partial charge in [0.25, 0.3) is 0 Å². The number of hydrogen-bond donors (Lipinski definition) is 3. The Morgan fingerprint density at radius 3 is 2.73 bits per heavy atom. The Hall–Kier alpha value is -2.01. The number of rotatable bonds is 6. The summed E-state index contributed by atoms with van der Waals surface area (Å²) in [6, 6.07) is 7.49. The van der Waals surface area contributed by atoms with Crippen LogP contribution in [-0.4, -0.2) is 23.8 Å². The van der Waals surface area contributed by atoms with Crippen LogP contribution >= 0.6 is 0 Å². The third kappa shape index (κ3) is 3.80. The van der Waals surface area contributed by atoms with Crippen molar-refractivity contribution in [3.05, 3.63) is 35.6 Å². The van der Waals surface area contributed by atoms with Gasteiger partial charge < -0.3 is 20.2 Å². The smallest absolute Gasteiger partial charge is 0.315 e. The molecule has 0 radical (unpaired) electrons. The van der Waals surface area contributed by atoms with E-state index >= 15 is 0 Å². The van der Waals surface area contributed by atoms with Crippen LogP contribution < -0.4 is 10.6 Å². The van der Waals surface area contributed by atoms with Crippen molar-refractivity contribution in [2.75, 3.05) is 6.54 Å². The first-order valence-corrected chi connectivity index (χ1v) is 7.69. The maximum atomic E-state index is 11.8. The summed E-state index contributed by atoms with van der Waals surface area (Å²) in [6.07, 6.45) is 0.353. The Balaban J connectivity index is 1.86. The molecule has 2 aromatic rings. The largest absolute Gasteiger partial charge is 0.459 e. The maximum Gasteiger partial charge on any atom is 0.315 e. The quantitative estimate of drug-likeness (QED) is 0.768. The van der Waals surface area contributed by atoms with Crippen LogP contribution in [0.4, 0.5) is 4.79 Å². The molecule has 2 atom stereocenters. The van der Waals surface area contributed by atoms with Crippen LogP contribution in [0.3, 0.4) is 0 Å². The molecule has 2 unspecified atom stereocenters. The zero-order chi connectivity index (χ0) is 16.1. The van der Waals surface area contributed by atoms with Gasteiger partial charge in [0.05, 0.1) is 12.6 Å². The second-order valence-corrected chi connectivity index (χ2v) is 5.66. The fraction of sp³-hybridized carbons (Fsp3) is 0.471. The molecule has 1 heterocycles. The first kappa shape index (κ1) is 16.4. The highest BCUT2D eigenvalue weighted by Crippen LogP contribution is 2.24. The Morgan fingerprint density at radius 2 is 2.05 bits per heavy atom. The molecule has 1 aromatic heterocycles. The highest BCUT2D eigenvalue weighted by molar-refractivity contribution is 5.82. The van der Waals surface area contributed by atoms with Crippen LogP contribution in [-0.2, 0) is 6.54 Å². The maximum absolute atomic E-state index is 11.8. The summed E-state index contributed by atoms with van der Waals surface area (Å²) in [7, 11) is 0. The van der Waals surface area contributed by atoms with Crippen molar-refractivity contribution in [2.24, 2.45) is 5.92 Å². The highest BCUT2D eigenvalue weighted by Gasteiger charge is 2.14. The minimum absolute atomic E-state index is 0.165. The fourth-order valence-electron chi connectivity index (χ4n) is 2.29. The number of carbonyl (C=O) groups excluding carboxylic acids is 1.